The molecule has 32 heavy (non-hydrogen) atoms. The van der Waals surface area contributed by atoms with Gasteiger partial charge in [-0.05, 0) is 73.6 Å². The van der Waals surface area contributed by atoms with Gasteiger partial charge in [-0.15, -0.1) is 0 Å². The summed E-state index contributed by atoms with van der Waals surface area (Å²) in [6.07, 6.45) is 1.76. The molecule has 1 saturated heterocycles. The van der Waals surface area contributed by atoms with Gasteiger partial charge >= 0.3 is 5.97 Å². The summed E-state index contributed by atoms with van der Waals surface area (Å²) in [4.78, 5) is 31.1. The quantitative estimate of drug-likeness (QED) is 0.399. The van der Waals surface area contributed by atoms with Crippen LogP contribution in [-0.4, -0.2) is 48.8 Å². The van der Waals surface area contributed by atoms with Crippen LogP contribution >= 0.6 is 23.4 Å². The number of amides is 1. The molecule has 3 rings (SSSR count). The van der Waals surface area contributed by atoms with Crippen molar-refractivity contribution in [3.63, 3.8) is 0 Å². The van der Waals surface area contributed by atoms with Crippen LogP contribution in [0.1, 0.15) is 19.4 Å². The topological polar surface area (TPSA) is 77.4 Å². The second-order valence-corrected chi connectivity index (χ2v) is 7.95. The van der Waals surface area contributed by atoms with Gasteiger partial charge in [-0.3, -0.25) is 9.69 Å². The van der Waals surface area contributed by atoms with Gasteiger partial charge in [0.2, 0.25) is 0 Å². The monoisotopic (exact) mass is 474 g/mol. The first-order valence-corrected chi connectivity index (χ1v) is 11.2. The summed E-state index contributed by atoms with van der Waals surface area (Å²) in [5.41, 5.74) is 1.46. The summed E-state index contributed by atoms with van der Waals surface area (Å²) in [6.45, 7) is 4.19. The fraction of sp³-hybridized carbons (Fsp3) is 0.261. The molecule has 2 aromatic rings. The number of benzene rings is 2. The third kappa shape index (κ3) is 5.83. The minimum atomic E-state index is -0.467. The van der Waals surface area contributed by atoms with E-state index in [0.717, 1.165) is 17.0 Å². The molecule has 9 heteroatoms. The van der Waals surface area contributed by atoms with Gasteiger partial charge in [0.15, 0.2) is 11.8 Å². The highest BCUT2D eigenvalue weighted by Gasteiger charge is 2.32. The number of aliphatic imine (C=N–C) groups is 1. The van der Waals surface area contributed by atoms with Crippen molar-refractivity contribution in [1.29, 1.82) is 0 Å². The van der Waals surface area contributed by atoms with E-state index in [9.17, 15) is 9.59 Å². The molecule has 0 unspecified atom stereocenters. The number of hydrogen-bond acceptors (Lipinski definition) is 7. The van der Waals surface area contributed by atoms with E-state index in [4.69, 9.17) is 25.8 Å². The number of hydrogen-bond donors (Lipinski definition) is 0. The molecular weight excluding hydrogens is 452 g/mol. The number of methoxy groups -OCH3 is 1. The van der Waals surface area contributed by atoms with Crippen molar-refractivity contribution in [1.82, 2.24) is 4.90 Å². The van der Waals surface area contributed by atoms with Crippen LogP contribution in [0.5, 0.6) is 11.5 Å². The van der Waals surface area contributed by atoms with Gasteiger partial charge in [-0.1, -0.05) is 17.7 Å². The fourth-order valence-corrected chi connectivity index (χ4v) is 4.16. The first-order valence-electron chi connectivity index (χ1n) is 9.97. The zero-order valence-corrected chi connectivity index (χ0v) is 19.5. The summed E-state index contributed by atoms with van der Waals surface area (Å²) in [6, 6.07) is 12.4. The Bertz CT molecular complexity index is 1050. The van der Waals surface area contributed by atoms with Crippen LogP contribution < -0.4 is 9.47 Å². The summed E-state index contributed by atoms with van der Waals surface area (Å²) < 4.78 is 15.4. The maximum absolute atomic E-state index is 12.9. The van der Waals surface area contributed by atoms with Gasteiger partial charge in [0.1, 0.15) is 11.5 Å². The predicted molar refractivity (Wildman–Crippen MR) is 127 cm³/mol. The number of ether oxygens (including phenoxy) is 3. The molecule has 0 radical (unpaired) electrons. The lowest BCUT2D eigenvalue weighted by Crippen LogP contribution is -2.28. The van der Waals surface area contributed by atoms with Gasteiger partial charge in [-0.2, -0.15) is 0 Å². The second kappa shape index (κ2) is 11.1. The average Bonchev–Trinajstić information content (AvgIpc) is 3.07. The number of thioether (sulfide) groups is 1. The van der Waals surface area contributed by atoms with E-state index in [0.29, 0.717) is 27.4 Å². The summed E-state index contributed by atoms with van der Waals surface area (Å²) in [7, 11) is 1.60. The van der Waals surface area contributed by atoms with E-state index < -0.39 is 5.97 Å². The minimum Gasteiger partial charge on any atom is -0.497 e. The molecule has 0 saturated carbocycles. The van der Waals surface area contributed by atoms with Crippen LogP contribution in [0.15, 0.2) is 52.4 Å². The number of rotatable bonds is 8. The molecule has 1 heterocycles. The Morgan fingerprint density at radius 2 is 1.94 bits per heavy atom. The molecule has 2 aromatic carbocycles. The lowest BCUT2D eigenvalue weighted by atomic mass is 10.2. The van der Waals surface area contributed by atoms with E-state index in [2.05, 4.69) is 4.99 Å². The van der Waals surface area contributed by atoms with Crippen molar-refractivity contribution in [2.24, 2.45) is 4.99 Å². The normalized spacial score (nSPS) is 16.0. The Hall–Kier alpha value is -2.97. The summed E-state index contributed by atoms with van der Waals surface area (Å²) in [5.74, 6) is 0.516. The van der Waals surface area contributed by atoms with Crippen molar-refractivity contribution in [3.05, 3.63) is 58.0 Å². The molecule has 1 aliphatic heterocycles. The summed E-state index contributed by atoms with van der Waals surface area (Å²) in [5, 5.41) is 0.938. The molecule has 0 aromatic heterocycles. The van der Waals surface area contributed by atoms with Crippen LogP contribution in [0.3, 0.4) is 0 Å². The van der Waals surface area contributed by atoms with E-state index in [1.54, 1.807) is 43.2 Å². The van der Waals surface area contributed by atoms with Gasteiger partial charge in [-0.25, -0.2) is 9.79 Å². The molecule has 0 spiro atoms. The highest BCUT2D eigenvalue weighted by molar-refractivity contribution is 8.18. The van der Waals surface area contributed by atoms with Gasteiger partial charge < -0.3 is 14.2 Å². The Morgan fingerprint density at radius 3 is 2.56 bits per heavy atom. The first-order chi connectivity index (χ1) is 15.4. The molecule has 1 amide bonds. The van der Waals surface area contributed by atoms with Crippen molar-refractivity contribution in [2.45, 2.75) is 13.8 Å². The SMILES string of the molecule is CCOC(=O)COc1ccc(/C=C2\SC(=Nc3ccc(OC)cc3)N(CC)C2=O)cc1Cl. The first kappa shape index (κ1) is 23.7. The standard InChI is InChI=1S/C23H23ClN2O5S/c1-4-26-22(28)20(32-23(26)25-16-7-9-17(29-3)10-8-16)13-15-6-11-19(18(24)12-15)31-14-21(27)30-5-2/h6-13H,4-5,14H2,1-3H3/b20-13-,25-23?. The van der Waals surface area contributed by atoms with Gasteiger partial charge in [0, 0.05) is 6.54 Å². The Morgan fingerprint density at radius 1 is 1.19 bits per heavy atom. The zero-order valence-electron chi connectivity index (χ0n) is 18.0. The Kier molecular flexibility index (Phi) is 8.19. The molecule has 168 valence electrons. The van der Waals surface area contributed by atoms with Gasteiger partial charge in [0.25, 0.3) is 5.91 Å². The van der Waals surface area contributed by atoms with E-state index >= 15 is 0 Å². The second-order valence-electron chi connectivity index (χ2n) is 6.54. The molecule has 1 fully saturated rings. The highest BCUT2D eigenvalue weighted by Crippen LogP contribution is 2.35. The van der Waals surface area contributed by atoms with Crippen LogP contribution in [0.25, 0.3) is 6.08 Å². The van der Waals surface area contributed by atoms with Crippen LogP contribution in [0.2, 0.25) is 5.02 Å². The number of esters is 1. The van der Waals surface area contributed by atoms with Crippen LogP contribution in [0.4, 0.5) is 5.69 Å². The molecule has 0 bridgehead atoms. The number of halogens is 1. The number of likely N-dealkylation sites (N-methyl/N-ethyl adjacent to an activating group) is 1. The number of nitrogens with zero attached hydrogens (tertiary/aromatic N) is 2. The number of carbonyl (C=O) groups is 2. The molecular formula is C23H23ClN2O5S. The fourth-order valence-electron chi connectivity index (χ4n) is 2.85. The minimum absolute atomic E-state index is 0.122. The van der Waals surface area contributed by atoms with Crippen molar-refractivity contribution < 1.29 is 23.8 Å². The lowest BCUT2D eigenvalue weighted by molar-refractivity contribution is -0.145. The van der Waals surface area contributed by atoms with E-state index in [-0.39, 0.29) is 19.1 Å². The maximum atomic E-state index is 12.9. The molecule has 0 aliphatic carbocycles. The Labute approximate surface area is 196 Å². The van der Waals surface area contributed by atoms with Crippen molar-refractivity contribution >= 4 is 52.2 Å². The average molecular weight is 475 g/mol. The third-order valence-corrected chi connectivity index (χ3v) is 5.71. The molecule has 0 atom stereocenters. The van der Waals surface area contributed by atoms with Crippen LogP contribution in [0, 0.1) is 0 Å². The molecule has 1 aliphatic rings. The Balaban J connectivity index is 1.77. The van der Waals surface area contributed by atoms with Crippen LogP contribution in [-0.2, 0) is 14.3 Å². The predicted octanol–water partition coefficient (Wildman–Crippen LogP) is 4.91. The van der Waals surface area contributed by atoms with Crippen molar-refractivity contribution in [2.75, 3.05) is 26.9 Å². The van der Waals surface area contributed by atoms with E-state index in [1.165, 1.54) is 11.8 Å². The van der Waals surface area contributed by atoms with E-state index in [1.807, 2.05) is 31.2 Å². The molecule has 0 N–H and O–H groups in total. The van der Waals surface area contributed by atoms with Gasteiger partial charge in [0.05, 0.1) is 29.3 Å². The maximum Gasteiger partial charge on any atom is 0.344 e. The number of carbonyl (C=O) groups excluding carboxylic acids is 2. The smallest absolute Gasteiger partial charge is 0.344 e. The van der Waals surface area contributed by atoms with Crippen molar-refractivity contribution in [3.8, 4) is 11.5 Å². The largest absolute Gasteiger partial charge is 0.497 e. The lowest BCUT2D eigenvalue weighted by Gasteiger charge is -2.12. The third-order valence-electron chi connectivity index (χ3n) is 4.41. The number of amidine groups is 1. The molecule has 7 nitrogen and oxygen atoms in total. The summed E-state index contributed by atoms with van der Waals surface area (Å²) >= 11 is 7.59. The zero-order chi connectivity index (χ0) is 23.1. The highest BCUT2D eigenvalue weighted by atomic mass is 35.5.